The van der Waals surface area contributed by atoms with Crippen molar-refractivity contribution in [2.75, 3.05) is 12.4 Å². The summed E-state index contributed by atoms with van der Waals surface area (Å²) in [5, 5.41) is 4.63. The van der Waals surface area contributed by atoms with Crippen LogP contribution in [0.2, 0.25) is 0 Å². The molecule has 4 heteroatoms. The summed E-state index contributed by atoms with van der Waals surface area (Å²) in [7, 11) is 0. The second kappa shape index (κ2) is 6.92. The predicted octanol–water partition coefficient (Wildman–Crippen LogP) is 3.55. The van der Waals surface area contributed by atoms with E-state index in [1.807, 2.05) is 18.0 Å². The Kier molecular flexibility index (Phi) is 5.47. The molecule has 112 valence electrons. The van der Waals surface area contributed by atoms with Crippen molar-refractivity contribution in [2.45, 2.75) is 63.8 Å². The number of nitrogens with zero attached hydrogens (tertiary/aromatic N) is 1. The van der Waals surface area contributed by atoms with Crippen LogP contribution in [0.25, 0.3) is 0 Å². The van der Waals surface area contributed by atoms with Gasteiger partial charge >= 0.3 is 0 Å². The monoisotopic (exact) mass is 294 g/mol. The van der Waals surface area contributed by atoms with Gasteiger partial charge in [-0.3, -0.25) is 0 Å². The quantitative estimate of drug-likeness (QED) is 0.842. The van der Waals surface area contributed by atoms with Gasteiger partial charge in [0, 0.05) is 30.6 Å². The molecule has 1 N–H and O–H groups in total. The van der Waals surface area contributed by atoms with Gasteiger partial charge in [0.25, 0.3) is 0 Å². The van der Waals surface area contributed by atoms with Crippen LogP contribution < -0.4 is 5.32 Å². The maximum Gasteiger partial charge on any atom is 0.0990 e. The number of aromatic nitrogens is 1. The molecule has 2 rings (SSSR count). The molecule has 0 aromatic carbocycles. The Morgan fingerprint density at radius 2 is 2.25 bits per heavy atom. The lowest BCUT2D eigenvalue weighted by Gasteiger charge is -2.20. The average molecular weight is 294 g/mol. The number of pyridine rings is 1. The van der Waals surface area contributed by atoms with Crippen LogP contribution in [0.5, 0.6) is 0 Å². The molecule has 1 aliphatic heterocycles. The standard InChI is InChI=1S/C16H26N2OS/c1-12-8-13(10-18-16(2,3)4)9-17-15(12)20-11-14-6-5-7-19-14/h8-9,14,18H,5-7,10-11H2,1-4H3. The fourth-order valence-electron chi connectivity index (χ4n) is 2.18. The maximum absolute atomic E-state index is 5.66. The number of hydrogen-bond donors (Lipinski definition) is 1. The van der Waals surface area contributed by atoms with Gasteiger partial charge in [0.05, 0.1) is 11.1 Å². The highest BCUT2D eigenvalue weighted by Gasteiger charge is 2.16. The minimum Gasteiger partial charge on any atom is -0.377 e. The van der Waals surface area contributed by atoms with E-state index in [1.54, 1.807) is 0 Å². The second-order valence-electron chi connectivity index (χ2n) is 6.52. The first-order valence-corrected chi connectivity index (χ1v) is 8.37. The minimum atomic E-state index is 0.140. The smallest absolute Gasteiger partial charge is 0.0990 e. The molecule has 0 spiro atoms. The Labute approximate surface area is 126 Å². The zero-order valence-corrected chi connectivity index (χ0v) is 13.8. The molecular weight excluding hydrogens is 268 g/mol. The topological polar surface area (TPSA) is 34.2 Å². The molecule has 2 heterocycles. The van der Waals surface area contributed by atoms with Gasteiger partial charge in [0.15, 0.2) is 0 Å². The van der Waals surface area contributed by atoms with Gasteiger partial charge in [-0.2, -0.15) is 0 Å². The Morgan fingerprint density at radius 3 is 2.85 bits per heavy atom. The Balaban J connectivity index is 1.88. The molecule has 20 heavy (non-hydrogen) atoms. The summed E-state index contributed by atoms with van der Waals surface area (Å²) >= 11 is 1.82. The third-order valence-corrected chi connectivity index (χ3v) is 4.58. The SMILES string of the molecule is Cc1cc(CNC(C)(C)C)cnc1SCC1CCCO1. The van der Waals surface area contributed by atoms with Crippen LogP contribution in [0.3, 0.4) is 0 Å². The number of nitrogens with one attached hydrogen (secondary N) is 1. The molecule has 1 aliphatic rings. The molecule has 1 fully saturated rings. The number of hydrogen-bond acceptors (Lipinski definition) is 4. The van der Waals surface area contributed by atoms with Crippen molar-refractivity contribution < 1.29 is 4.74 Å². The molecule has 3 nitrogen and oxygen atoms in total. The van der Waals surface area contributed by atoms with Gasteiger partial charge in [-0.05, 0) is 51.7 Å². The number of ether oxygens (including phenoxy) is 1. The molecule has 1 aromatic heterocycles. The van der Waals surface area contributed by atoms with Crippen molar-refractivity contribution >= 4 is 11.8 Å². The van der Waals surface area contributed by atoms with Crippen LogP contribution in [0.15, 0.2) is 17.3 Å². The summed E-state index contributed by atoms with van der Waals surface area (Å²) in [6, 6.07) is 2.24. The zero-order chi connectivity index (χ0) is 14.6. The molecule has 0 bridgehead atoms. The summed E-state index contributed by atoms with van der Waals surface area (Å²) in [5.41, 5.74) is 2.65. The normalized spacial score (nSPS) is 19.5. The van der Waals surface area contributed by atoms with Crippen molar-refractivity contribution in [1.29, 1.82) is 0 Å². The lowest BCUT2D eigenvalue weighted by molar-refractivity contribution is 0.129. The Hall–Kier alpha value is -0.580. The molecule has 0 radical (unpaired) electrons. The van der Waals surface area contributed by atoms with Crippen LogP contribution in [0, 0.1) is 6.92 Å². The summed E-state index contributed by atoms with van der Waals surface area (Å²) in [5.74, 6) is 1.02. The number of rotatable bonds is 5. The molecule has 0 saturated carbocycles. The lowest BCUT2D eigenvalue weighted by Crippen LogP contribution is -2.35. The largest absolute Gasteiger partial charge is 0.377 e. The number of aryl methyl sites for hydroxylation is 1. The Morgan fingerprint density at radius 1 is 1.45 bits per heavy atom. The first kappa shape index (κ1) is 15.8. The van der Waals surface area contributed by atoms with Gasteiger partial charge in [0.1, 0.15) is 0 Å². The van der Waals surface area contributed by atoms with Crippen LogP contribution in [-0.2, 0) is 11.3 Å². The molecule has 1 atom stereocenters. The van der Waals surface area contributed by atoms with Gasteiger partial charge in [-0.1, -0.05) is 6.07 Å². The second-order valence-corrected chi connectivity index (χ2v) is 7.52. The van der Waals surface area contributed by atoms with Crippen molar-refractivity contribution in [1.82, 2.24) is 10.3 Å². The molecule has 1 saturated heterocycles. The van der Waals surface area contributed by atoms with Crippen molar-refractivity contribution in [3.63, 3.8) is 0 Å². The third kappa shape index (κ3) is 5.08. The van der Waals surface area contributed by atoms with E-state index < -0.39 is 0 Å². The highest BCUT2D eigenvalue weighted by molar-refractivity contribution is 7.99. The third-order valence-electron chi connectivity index (χ3n) is 3.34. The summed E-state index contributed by atoms with van der Waals surface area (Å²) in [6.07, 6.45) is 4.81. The summed E-state index contributed by atoms with van der Waals surface area (Å²) in [6.45, 7) is 10.5. The van der Waals surface area contributed by atoms with Crippen LogP contribution in [-0.4, -0.2) is 29.0 Å². The van der Waals surface area contributed by atoms with E-state index in [4.69, 9.17) is 4.74 Å². The minimum absolute atomic E-state index is 0.140. The summed E-state index contributed by atoms with van der Waals surface area (Å²) < 4.78 is 5.66. The van der Waals surface area contributed by atoms with E-state index in [2.05, 4.69) is 44.1 Å². The van der Waals surface area contributed by atoms with Gasteiger partial charge < -0.3 is 10.1 Å². The highest BCUT2D eigenvalue weighted by atomic mass is 32.2. The van der Waals surface area contributed by atoms with Crippen LogP contribution in [0.1, 0.15) is 44.7 Å². The Bertz CT molecular complexity index is 437. The van der Waals surface area contributed by atoms with Gasteiger partial charge in [-0.15, -0.1) is 11.8 Å². The van der Waals surface area contributed by atoms with E-state index in [0.29, 0.717) is 6.10 Å². The predicted molar refractivity (Wildman–Crippen MR) is 85.3 cm³/mol. The van der Waals surface area contributed by atoms with E-state index in [0.717, 1.165) is 23.9 Å². The molecular formula is C16H26N2OS. The van der Waals surface area contributed by atoms with E-state index in [-0.39, 0.29) is 5.54 Å². The molecule has 0 amide bonds. The van der Waals surface area contributed by atoms with E-state index in [1.165, 1.54) is 24.0 Å². The van der Waals surface area contributed by atoms with Crippen molar-refractivity contribution in [3.05, 3.63) is 23.4 Å². The van der Waals surface area contributed by atoms with E-state index >= 15 is 0 Å². The van der Waals surface area contributed by atoms with Crippen LogP contribution in [0.4, 0.5) is 0 Å². The first-order valence-electron chi connectivity index (χ1n) is 7.39. The summed E-state index contributed by atoms with van der Waals surface area (Å²) in [4.78, 5) is 4.61. The number of thioether (sulfide) groups is 1. The van der Waals surface area contributed by atoms with E-state index in [9.17, 15) is 0 Å². The fourth-order valence-corrected chi connectivity index (χ4v) is 3.20. The van der Waals surface area contributed by atoms with Crippen molar-refractivity contribution in [3.8, 4) is 0 Å². The average Bonchev–Trinajstić information content (AvgIpc) is 2.87. The molecule has 1 unspecified atom stereocenters. The highest BCUT2D eigenvalue weighted by Crippen LogP contribution is 2.25. The fraction of sp³-hybridized carbons (Fsp3) is 0.688. The molecule has 1 aromatic rings. The lowest BCUT2D eigenvalue weighted by atomic mass is 10.1. The van der Waals surface area contributed by atoms with Gasteiger partial charge in [-0.25, -0.2) is 4.98 Å². The first-order chi connectivity index (χ1) is 9.44. The zero-order valence-electron chi connectivity index (χ0n) is 13.0. The van der Waals surface area contributed by atoms with Crippen LogP contribution >= 0.6 is 11.8 Å². The van der Waals surface area contributed by atoms with Gasteiger partial charge in [0.2, 0.25) is 0 Å². The van der Waals surface area contributed by atoms with Crippen molar-refractivity contribution in [2.24, 2.45) is 0 Å². The molecule has 0 aliphatic carbocycles. The maximum atomic E-state index is 5.66.